The molecule has 0 saturated heterocycles. The molecule has 26 heavy (non-hydrogen) atoms. The Balaban J connectivity index is 2.21. The molecule has 0 unspecified atom stereocenters. The van der Waals surface area contributed by atoms with Gasteiger partial charge < -0.3 is 9.47 Å². The zero-order valence-corrected chi connectivity index (χ0v) is 16.4. The highest BCUT2D eigenvalue weighted by Crippen LogP contribution is 2.27. The molecule has 0 spiro atoms. The summed E-state index contributed by atoms with van der Waals surface area (Å²) in [5.74, 6) is 1.33. The summed E-state index contributed by atoms with van der Waals surface area (Å²) in [6.07, 6.45) is 6.71. The lowest BCUT2D eigenvalue weighted by molar-refractivity contribution is 0.286. The van der Waals surface area contributed by atoms with Crippen molar-refractivity contribution in [2.24, 2.45) is 5.10 Å². The van der Waals surface area contributed by atoms with E-state index < -0.39 is 0 Å². The molecule has 1 heterocycles. The summed E-state index contributed by atoms with van der Waals surface area (Å²) >= 11 is 1.31. The molecule has 0 fully saturated rings. The lowest BCUT2D eigenvalue weighted by atomic mass is 10.2. The van der Waals surface area contributed by atoms with E-state index in [1.807, 2.05) is 24.5 Å². The molecule has 0 aliphatic carbocycles. The summed E-state index contributed by atoms with van der Waals surface area (Å²) in [4.78, 5) is 12.2. The van der Waals surface area contributed by atoms with Gasteiger partial charge in [0.05, 0.1) is 19.9 Å². The Morgan fingerprint density at radius 1 is 1.27 bits per heavy atom. The van der Waals surface area contributed by atoms with E-state index in [0.29, 0.717) is 29.0 Å². The zero-order valence-electron chi connectivity index (χ0n) is 15.6. The summed E-state index contributed by atoms with van der Waals surface area (Å²) in [5, 5.41) is 12.5. The van der Waals surface area contributed by atoms with Crippen LogP contribution >= 0.6 is 11.8 Å². The smallest absolute Gasteiger partial charge is 0.296 e. The number of hydrogen-bond acceptors (Lipinski definition) is 7. The summed E-state index contributed by atoms with van der Waals surface area (Å²) in [6.45, 7) is 4.42. The van der Waals surface area contributed by atoms with Gasteiger partial charge in [-0.2, -0.15) is 9.78 Å². The van der Waals surface area contributed by atoms with Crippen molar-refractivity contribution < 1.29 is 9.47 Å². The molecular formula is C18H24N4O3S. The van der Waals surface area contributed by atoms with Gasteiger partial charge in [-0.15, -0.1) is 10.2 Å². The summed E-state index contributed by atoms with van der Waals surface area (Å²) in [5.41, 5.74) is 0.799. The van der Waals surface area contributed by atoms with Crippen molar-refractivity contribution in [3.8, 4) is 11.5 Å². The van der Waals surface area contributed by atoms with Crippen LogP contribution in [0.1, 0.15) is 37.4 Å². The van der Waals surface area contributed by atoms with Crippen LogP contribution in [0.25, 0.3) is 0 Å². The van der Waals surface area contributed by atoms with Gasteiger partial charge in [0, 0.05) is 0 Å². The topological polar surface area (TPSA) is 78.6 Å². The second kappa shape index (κ2) is 9.96. The Labute approximate surface area is 157 Å². The second-order valence-electron chi connectivity index (χ2n) is 5.60. The van der Waals surface area contributed by atoms with Crippen LogP contribution in [-0.4, -0.2) is 41.1 Å². The third-order valence-electron chi connectivity index (χ3n) is 3.67. The number of aryl methyl sites for hydroxylation is 1. The number of ether oxygens (including phenoxy) is 2. The van der Waals surface area contributed by atoms with Gasteiger partial charge in [-0.25, -0.2) is 0 Å². The molecule has 140 valence electrons. The molecule has 0 N–H and O–H groups in total. The van der Waals surface area contributed by atoms with Crippen LogP contribution in [0.15, 0.2) is 33.3 Å². The first-order valence-corrected chi connectivity index (χ1v) is 9.68. The highest BCUT2D eigenvalue weighted by molar-refractivity contribution is 7.98. The Kier molecular flexibility index (Phi) is 7.65. The molecular weight excluding hydrogens is 352 g/mol. The molecule has 0 saturated carbocycles. The van der Waals surface area contributed by atoms with E-state index in [9.17, 15) is 4.79 Å². The van der Waals surface area contributed by atoms with Crippen LogP contribution in [-0.2, 0) is 0 Å². The molecule has 0 aliphatic heterocycles. The minimum atomic E-state index is -0.288. The van der Waals surface area contributed by atoms with Gasteiger partial charge in [0.15, 0.2) is 11.5 Å². The highest BCUT2D eigenvalue weighted by Gasteiger charge is 2.08. The molecule has 2 rings (SSSR count). The predicted molar refractivity (Wildman–Crippen MR) is 104 cm³/mol. The van der Waals surface area contributed by atoms with E-state index in [0.717, 1.165) is 24.8 Å². The van der Waals surface area contributed by atoms with E-state index in [2.05, 4.69) is 22.2 Å². The van der Waals surface area contributed by atoms with E-state index in [4.69, 9.17) is 9.47 Å². The van der Waals surface area contributed by atoms with Crippen LogP contribution < -0.4 is 15.0 Å². The third kappa shape index (κ3) is 5.08. The fraction of sp³-hybridized carbons (Fsp3) is 0.444. The highest BCUT2D eigenvalue weighted by atomic mass is 32.2. The van der Waals surface area contributed by atoms with Crippen molar-refractivity contribution in [2.45, 2.75) is 38.3 Å². The average Bonchev–Trinajstić information content (AvgIpc) is 2.66. The number of methoxy groups -OCH3 is 1. The van der Waals surface area contributed by atoms with Crippen molar-refractivity contribution in [3.63, 3.8) is 0 Å². The van der Waals surface area contributed by atoms with E-state index in [1.54, 1.807) is 20.2 Å². The summed E-state index contributed by atoms with van der Waals surface area (Å²) < 4.78 is 12.4. The zero-order chi connectivity index (χ0) is 18.9. The molecule has 0 aliphatic rings. The monoisotopic (exact) mass is 376 g/mol. The lowest BCUT2D eigenvalue weighted by Gasteiger charge is -2.11. The largest absolute Gasteiger partial charge is 0.493 e. The first-order valence-electron chi connectivity index (χ1n) is 8.46. The van der Waals surface area contributed by atoms with Crippen molar-refractivity contribution >= 4 is 18.0 Å². The van der Waals surface area contributed by atoms with Crippen molar-refractivity contribution in [1.29, 1.82) is 0 Å². The number of benzene rings is 1. The van der Waals surface area contributed by atoms with Crippen molar-refractivity contribution in [3.05, 3.63) is 39.8 Å². The van der Waals surface area contributed by atoms with Crippen LogP contribution in [0.4, 0.5) is 0 Å². The Hall–Kier alpha value is -2.35. The lowest BCUT2D eigenvalue weighted by Crippen LogP contribution is -2.23. The van der Waals surface area contributed by atoms with Gasteiger partial charge in [0.2, 0.25) is 5.16 Å². The molecule has 1 aromatic heterocycles. The van der Waals surface area contributed by atoms with Crippen molar-refractivity contribution in [1.82, 2.24) is 14.9 Å². The fourth-order valence-corrected chi connectivity index (χ4v) is 2.64. The number of aromatic nitrogens is 3. The molecule has 7 nitrogen and oxygen atoms in total. The molecule has 0 amide bonds. The van der Waals surface area contributed by atoms with E-state index in [-0.39, 0.29) is 5.56 Å². The fourth-order valence-electron chi connectivity index (χ4n) is 2.21. The molecule has 0 bridgehead atoms. The Bertz CT molecular complexity index is 821. The number of hydrogen-bond donors (Lipinski definition) is 0. The Morgan fingerprint density at radius 3 is 2.77 bits per heavy atom. The van der Waals surface area contributed by atoms with Crippen LogP contribution in [0, 0.1) is 6.92 Å². The number of unbranched alkanes of at least 4 members (excludes halogenated alkanes) is 2. The Morgan fingerprint density at radius 2 is 2.08 bits per heavy atom. The number of thioether (sulfide) groups is 1. The second-order valence-corrected chi connectivity index (χ2v) is 6.37. The van der Waals surface area contributed by atoms with Gasteiger partial charge in [-0.3, -0.25) is 4.79 Å². The predicted octanol–water partition coefficient (Wildman–Crippen LogP) is 3.13. The maximum atomic E-state index is 12.2. The molecule has 1 aromatic carbocycles. The van der Waals surface area contributed by atoms with Gasteiger partial charge in [-0.1, -0.05) is 31.5 Å². The van der Waals surface area contributed by atoms with Gasteiger partial charge in [-0.05, 0) is 43.4 Å². The van der Waals surface area contributed by atoms with E-state index >= 15 is 0 Å². The molecule has 8 heteroatoms. The van der Waals surface area contributed by atoms with Crippen LogP contribution in [0.5, 0.6) is 11.5 Å². The first-order chi connectivity index (χ1) is 12.6. The third-order valence-corrected chi connectivity index (χ3v) is 4.29. The quantitative estimate of drug-likeness (QED) is 0.380. The van der Waals surface area contributed by atoms with Crippen LogP contribution in [0.3, 0.4) is 0 Å². The summed E-state index contributed by atoms with van der Waals surface area (Å²) in [7, 11) is 1.60. The van der Waals surface area contributed by atoms with Gasteiger partial charge in [0.1, 0.15) is 5.69 Å². The maximum Gasteiger partial charge on any atom is 0.296 e. The SMILES string of the molecule is CCCCCOc1ccc(/C=N\n2c(SC)nnc(C)c2=O)cc1OC. The number of nitrogens with zero attached hydrogens (tertiary/aromatic N) is 4. The normalized spacial score (nSPS) is 11.1. The standard InChI is InChI=1S/C18H24N4O3S/c1-5-6-7-10-25-15-9-8-14(11-16(15)24-3)12-19-22-17(23)13(2)20-21-18(22)26-4/h8-9,11-12H,5-7,10H2,1-4H3/b19-12-. The summed E-state index contributed by atoms with van der Waals surface area (Å²) in [6, 6.07) is 5.54. The molecule has 2 aromatic rings. The maximum absolute atomic E-state index is 12.2. The molecule has 0 atom stereocenters. The minimum Gasteiger partial charge on any atom is -0.493 e. The van der Waals surface area contributed by atoms with Crippen LogP contribution in [0.2, 0.25) is 0 Å². The molecule has 0 radical (unpaired) electrons. The van der Waals surface area contributed by atoms with Crippen molar-refractivity contribution in [2.75, 3.05) is 20.0 Å². The van der Waals surface area contributed by atoms with Gasteiger partial charge >= 0.3 is 0 Å². The van der Waals surface area contributed by atoms with Gasteiger partial charge in [0.25, 0.3) is 5.56 Å². The first kappa shape index (κ1) is 20.0. The number of rotatable bonds is 9. The average molecular weight is 376 g/mol. The minimum absolute atomic E-state index is 0.288. The van der Waals surface area contributed by atoms with E-state index in [1.165, 1.54) is 16.4 Å².